The van der Waals surface area contributed by atoms with Gasteiger partial charge in [-0.3, -0.25) is 4.79 Å². The molecule has 3 N–H and O–H groups in total. The molecule has 0 radical (unpaired) electrons. The number of carbonyl (C=O) groups is 1. The summed E-state index contributed by atoms with van der Waals surface area (Å²) in [6.07, 6.45) is 2.08. The van der Waals surface area contributed by atoms with E-state index in [1.807, 2.05) is 6.26 Å². The van der Waals surface area contributed by atoms with Crippen molar-refractivity contribution in [3.8, 4) is 0 Å². The van der Waals surface area contributed by atoms with Crippen LogP contribution >= 0.6 is 11.8 Å². The van der Waals surface area contributed by atoms with Crippen LogP contribution in [-0.4, -0.2) is 17.9 Å². The fraction of sp³-hybridized carbons (Fsp3) is 0.300. The van der Waals surface area contributed by atoms with Gasteiger partial charge in [-0.2, -0.15) is 11.8 Å². The molecule has 1 amide bonds. The van der Waals surface area contributed by atoms with Gasteiger partial charge < -0.3 is 11.1 Å². The summed E-state index contributed by atoms with van der Waals surface area (Å²) in [5.74, 6) is -1.93. The Morgan fingerprint density at radius 2 is 2.19 bits per heavy atom. The highest BCUT2D eigenvalue weighted by molar-refractivity contribution is 7.98. The number of halogens is 2. The molecule has 0 saturated heterocycles. The zero-order valence-corrected chi connectivity index (χ0v) is 9.54. The summed E-state index contributed by atoms with van der Waals surface area (Å²) in [6, 6.07) is 2.13. The predicted molar refractivity (Wildman–Crippen MR) is 62.4 cm³/mol. The maximum atomic E-state index is 13.3. The summed E-state index contributed by atoms with van der Waals surface area (Å²) in [4.78, 5) is 11.3. The van der Waals surface area contributed by atoms with E-state index in [0.717, 1.165) is 6.07 Å². The van der Waals surface area contributed by atoms with E-state index in [1.165, 1.54) is 17.8 Å². The van der Waals surface area contributed by atoms with Gasteiger partial charge in [0.25, 0.3) is 0 Å². The van der Waals surface area contributed by atoms with E-state index in [2.05, 4.69) is 5.32 Å². The number of hydrogen-bond donors (Lipinski definition) is 2. The van der Waals surface area contributed by atoms with Crippen molar-refractivity contribution in [1.29, 1.82) is 0 Å². The first-order valence-corrected chi connectivity index (χ1v) is 5.98. The number of nitrogens with two attached hydrogens (primary N) is 1. The second-order valence-corrected chi connectivity index (χ2v) is 4.10. The fourth-order valence-corrected chi connectivity index (χ4v) is 1.48. The van der Waals surface area contributed by atoms with Crippen molar-refractivity contribution in [3.05, 3.63) is 23.8 Å². The molecule has 1 rings (SSSR count). The van der Waals surface area contributed by atoms with E-state index in [4.69, 9.17) is 5.73 Å². The summed E-state index contributed by atoms with van der Waals surface area (Å²) in [6.45, 7) is 0. The molecule has 0 aromatic heterocycles. The number of carbonyl (C=O) groups excluding carboxylic acids is 1. The Bertz CT molecular complexity index is 399. The molecule has 16 heavy (non-hydrogen) atoms. The van der Waals surface area contributed by atoms with Gasteiger partial charge >= 0.3 is 0 Å². The van der Waals surface area contributed by atoms with Gasteiger partial charge in [-0.1, -0.05) is 0 Å². The average molecular weight is 246 g/mol. The molecular formula is C10H12F2N2OS. The Kier molecular flexibility index (Phi) is 4.54. The van der Waals surface area contributed by atoms with Crippen LogP contribution in [0.15, 0.2) is 12.1 Å². The number of nitrogen functional groups attached to an aromatic ring is 1. The molecule has 0 saturated carbocycles. The smallest absolute Gasteiger partial charge is 0.225 e. The number of anilines is 2. The quantitative estimate of drug-likeness (QED) is 0.801. The highest BCUT2D eigenvalue weighted by Crippen LogP contribution is 2.24. The molecule has 0 atom stereocenters. The lowest BCUT2D eigenvalue weighted by molar-refractivity contribution is -0.115. The van der Waals surface area contributed by atoms with Crippen molar-refractivity contribution in [2.75, 3.05) is 23.1 Å². The molecule has 0 spiro atoms. The molecule has 6 heteroatoms. The van der Waals surface area contributed by atoms with Crippen LogP contribution in [0.5, 0.6) is 0 Å². The molecule has 88 valence electrons. The third-order valence-electron chi connectivity index (χ3n) is 1.92. The molecule has 0 aliphatic heterocycles. The van der Waals surface area contributed by atoms with E-state index >= 15 is 0 Å². The first-order chi connectivity index (χ1) is 7.56. The lowest BCUT2D eigenvalue weighted by Gasteiger charge is -2.09. The van der Waals surface area contributed by atoms with Gasteiger partial charge in [-0.15, -0.1) is 0 Å². The van der Waals surface area contributed by atoms with Gasteiger partial charge in [0.2, 0.25) is 5.91 Å². The van der Waals surface area contributed by atoms with Gasteiger partial charge in [0.05, 0.1) is 5.69 Å². The third-order valence-corrected chi connectivity index (χ3v) is 2.54. The molecule has 0 bridgehead atoms. The predicted octanol–water partition coefficient (Wildman–Crippen LogP) is 2.24. The zero-order chi connectivity index (χ0) is 12.1. The van der Waals surface area contributed by atoms with Gasteiger partial charge in [-0.25, -0.2) is 8.78 Å². The van der Waals surface area contributed by atoms with Crippen LogP contribution in [-0.2, 0) is 4.79 Å². The standard InChI is InChI=1S/C10H12F2N2OS/c1-16-5-4-8(15)14-10-7(13)3-2-6(11)9(10)12/h2-3H,4-5,13H2,1H3,(H,14,15). The van der Waals surface area contributed by atoms with Crippen molar-refractivity contribution in [3.63, 3.8) is 0 Å². The van der Waals surface area contributed by atoms with Crippen molar-refractivity contribution in [2.45, 2.75) is 6.42 Å². The second kappa shape index (κ2) is 5.69. The van der Waals surface area contributed by atoms with Gasteiger partial charge in [0.15, 0.2) is 11.6 Å². The number of hydrogen-bond acceptors (Lipinski definition) is 3. The van der Waals surface area contributed by atoms with Crippen LogP contribution in [0.4, 0.5) is 20.2 Å². The topological polar surface area (TPSA) is 55.1 Å². The van der Waals surface area contributed by atoms with Crippen molar-refractivity contribution < 1.29 is 13.6 Å². The second-order valence-electron chi connectivity index (χ2n) is 3.12. The fourth-order valence-electron chi connectivity index (χ4n) is 1.09. The van der Waals surface area contributed by atoms with Gasteiger partial charge in [-0.05, 0) is 18.4 Å². The van der Waals surface area contributed by atoms with Gasteiger partial charge in [0.1, 0.15) is 5.69 Å². The van der Waals surface area contributed by atoms with Crippen LogP contribution in [0.2, 0.25) is 0 Å². The van der Waals surface area contributed by atoms with Crippen LogP contribution in [0, 0.1) is 11.6 Å². The Hall–Kier alpha value is -1.30. The van der Waals surface area contributed by atoms with Crippen molar-refractivity contribution >= 4 is 29.0 Å². The highest BCUT2D eigenvalue weighted by Gasteiger charge is 2.14. The number of rotatable bonds is 4. The summed E-state index contributed by atoms with van der Waals surface area (Å²) in [5, 5.41) is 2.26. The Labute approximate surface area is 96.4 Å². The van der Waals surface area contributed by atoms with Gasteiger partial charge in [0, 0.05) is 12.2 Å². The van der Waals surface area contributed by atoms with Crippen molar-refractivity contribution in [1.82, 2.24) is 0 Å². The average Bonchev–Trinajstić information content (AvgIpc) is 2.27. The minimum atomic E-state index is -1.13. The Balaban J connectivity index is 2.80. The molecule has 0 heterocycles. The Morgan fingerprint density at radius 1 is 1.50 bits per heavy atom. The minimum Gasteiger partial charge on any atom is -0.397 e. The molecule has 0 unspecified atom stereocenters. The molecule has 3 nitrogen and oxygen atoms in total. The summed E-state index contributed by atoms with van der Waals surface area (Å²) in [5.41, 5.74) is 5.17. The molecule has 0 fully saturated rings. The monoisotopic (exact) mass is 246 g/mol. The van der Waals surface area contributed by atoms with Crippen molar-refractivity contribution in [2.24, 2.45) is 0 Å². The largest absolute Gasteiger partial charge is 0.397 e. The lowest BCUT2D eigenvalue weighted by atomic mass is 10.2. The minimum absolute atomic E-state index is 0.0106. The number of nitrogens with one attached hydrogen (secondary N) is 1. The van der Waals surface area contributed by atoms with E-state index in [0.29, 0.717) is 5.75 Å². The molecule has 1 aromatic rings. The van der Waals surface area contributed by atoms with E-state index in [-0.39, 0.29) is 23.7 Å². The van der Waals surface area contributed by atoms with E-state index < -0.39 is 11.6 Å². The molecule has 1 aromatic carbocycles. The maximum Gasteiger partial charge on any atom is 0.225 e. The lowest BCUT2D eigenvalue weighted by Crippen LogP contribution is -2.15. The normalized spacial score (nSPS) is 10.2. The zero-order valence-electron chi connectivity index (χ0n) is 8.72. The number of thioether (sulfide) groups is 1. The summed E-state index contributed by atoms with van der Waals surface area (Å²) in [7, 11) is 0. The Morgan fingerprint density at radius 3 is 2.81 bits per heavy atom. The summed E-state index contributed by atoms with van der Waals surface area (Å²) >= 11 is 1.49. The van der Waals surface area contributed by atoms with Crippen LogP contribution in [0.1, 0.15) is 6.42 Å². The number of amides is 1. The molecule has 0 aliphatic carbocycles. The van der Waals surface area contributed by atoms with E-state index in [9.17, 15) is 13.6 Å². The SMILES string of the molecule is CSCCC(=O)Nc1c(N)ccc(F)c1F. The maximum absolute atomic E-state index is 13.3. The van der Waals surface area contributed by atoms with Crippen LogP contribution in [0.3, 0.4) is 0 Å². The highest BCUT2D eigenvalue weighted by atomic mass is 32.2. The molecular weight excluding hydrogens is 234 g/mol. The number of benzene rings is 1. The van der Waals surface area contributed by atoms with E-state index in [1.54, 1.807) is 0 Å². The third kappa shape index (κ3) is 3.10. The van der Waals surface area contributed by atoms with Crippen LogP contribution < -0.4 is 11.1 Å². The molecule has 0 aliphatic rings. The first-order valence-electron chi connectivity index (χ1n) is 4.58. The summed E-state index contributed by atoms with van der Waals surface area (Å²) < 4.78 is 26.1. The van der Waals surface area contributed by atoms with Crippen LogP contribution in [0.25, 0.3) is 0 Å². The first kappa shape index (κ1) is 12.8.